The van der Waals surface area contributed by atoms with E-state index in [4.69, 9.17) is 24.4 Å². The van der Waals surface area contributed by atoms with Crippen LogP contribution in [-0.4, -0.2) is 19.9 Å². The van der Waals surface area contributed by atoms with Gasteiger partial charge in [0.05, 0.1) is 0 Å². The SMILES string of the molecule is c1ccc(-c2nc(-c3ccccc3)nc(-c3ccc(-c4ccc5ccc6nc(-c7ccccc7)oc6c5c4)c4ccccc34)n2)cc1. The Hall–Kier alpha value is -6.46. The summed E-state index contributed by atoms with van der Waals surface area (Å²) in [4.78, 5) is 19.7. The van der Waals surface area contributed by atoms with Gasteiger partial charge in [0.1, 0.15) is 5.52 Å². The Bertz CT molecular complexity index is 2500. The summed E-state index contributed by atoms with van der Waals surface area (Å²) in [5.41, 5.74) is 7.63. The van der Waals surface area contributed by atoms with Crippen molar-refractivity contribution in [1.82, 2.24) is 19.9 Å². The Morgan fingerprint density at radius 1 is 0.362 bits per heavy atom. The molecule has 9 aromatic rings. The smallest absolute Gasteiger partial charge is 0.227 e. The molecule has 0 bridgehead atoms. The van der Waals surface area contributed by atoms with Gasteiger partial charge in [0, 0.05) is 27.6 Å². The molecule has 5 heteroatoms. The molecule has 9 rings (SSSR count). The molecule has 0 radical (unpaired) electrons. The van der Waals surface area contributed by atoms with Crippen molar-refractivity contribution in [2.45, 2.75) is 0 Å². The van der Waals surface area contributed by atoms with Gasteiger partial charge in [0.2, 0.25) is 5.89 Å². The number of hydrogen-bond acceptors (Lipinski definition) is 5. The lowest BCUT2D eigenvalue weighted by atomic mass is 9.93. The van der Waals surface area contributed by atoms with E-state index >= 15 is 0 Å². The average Bonchev–Trinajstić information content (AvgIpc) is 3.60. The second-order valence-corrected chi connectivity index (χ2v) is 11.5. The Kier molecular flexibility index (Phi) is 6.39. The number of oxazole rings is 1. The highest BCUT2D eigenvalue weighted by Gasteiger charge is 2.17. The zero-order chi connectivity index (χ0) is 31.2. The van der Waals surface area contributed by atoms with Gasteiger partial charge in [-0.05, 0) is 57.6 Å². The van der Waals surface area contributed by atoms with Gasteiger partial charge < -0.3 is 4.42 Å². The van der Waals surface area contributed by atoms with E-state index in [-0.39, 0.29) is 0 Å². The van der Waals surface area contributed by atoms with Crippen LogP contribution in [0.1, 0.15) is 0 Å². The first kappa shape index (κ1) is 26.9. The van der Waals surface area contributed by atoms with Crippen molar-refractivity contribution in [3.8, 4) is 56.7 Å². The van der Waals surface area contributed by atoms with Crippen molar-refractivity contribution in [3.05, 3.63) is 158 Å². The van der Waals surface area contributed by atoms with Crippen LogP contribution in [-0.2, 0) is 0 Å². The van der Waals surface area contributed by atoms with E-state index in [9.17, 15) is 0 Å². The summed E-state index contributed by atoms with van der Waals surface area (Å²) < 4.78 is 6.38. The Morgan fingerprint density at radius 2 is 0.894 bits per heavy atom. The molecule has 0 aliphatic carbocycles. The maximum Gasteiger partial charge on any atom is 0.227 e. The largest absolute Gasteiger partial charge is 0.435 e. The van der Waals surface area contributed by atoms with Crippen LogP contribution in [0.3, 0.4) is 0 Å². The molecule has 0 aliphatic heterocycles. The van der Waals surface area contributed by atoms with Crippen LogP contribution in [0.15, 0.2) is 162 Å². The minimum absolute atomic E-state index is 0.621. The zero-order valence-corrected chi connectivity index (χ0v) is 25.2. The average molecular weight is 603 g/mol. The Morgan fingerprint density at radius 3 is 1.55 bits per heavy atom. The topological polar surface area (TPSA) is 64.7 Å². The predicted molar refractivity (Wildman–Crippen MR) is 190 cm³/mol. The maximum atomic E-state index is 6.38. The van der Waals surface area contributed by atoms with E-state index in [2.05, 4.69) is 60.7 Å². The third kappa shape index (κ3) is 4.82. The fraction of sp³-hybridized carbons (Fsp3) is 0. The molecule has 0 unspecified atom stereocenters. The van der Waals surface area contributed by atoms with E-state index < -0.39 is 0 Å². The summed E-state index contributed by atoms with van der Waals surface area (Å²) in [5.74, 6) is 2.54. The molecule has 0 atom stereocenters. The Balaban J connectivity index is 1.21. The summed E-state index contributed by atoms with van der Waals surface area (Å²) in [6, 6.07) is 53.6. The summed E-state index contributed by atoms with van der Waals surface area (Å²) >= 11 is 0. The highest BCUT2D eigenvalue weighted by atomic mass is 16.3. The molecule has 2 aromatic heterocycles. The zero-order valence-electron chi connectivity index (χ0n) is 25.2. The van der Waals surface area contributed by atoms with E-state index in [0.717, 1.165) is 66.0 Å². The first-order chi connectivity index (χ1) is 23.3. The fourth-order valence-corrected chi connectivity index (χ4v) is 6.25. The molecule has 5 nitrogen and oxygen atoms in total. The van der Waals surface area contributed by atoms with Crippen LogP contribution in [0, 0.1) is 0 Å². The van der Waals surface area contributed by atoms with Gasteiger partial charge in [-0.25, -0.2) is 19.9 Å². The summed E-state index contributed by atoms with van der Waals surface area (Å²) in [7, 11) is 0. The van der Waals surface area contributed by atoms with E-state index in [1.807, 2.05) is 97.1 Å². The van der Waals surface area contributed by atoms with Crippen molar-refractivity contribution in [3.63, 3.8) is 0 Å². The molecule has 47 heavy (non-hydrogen) atoms. The first-order valence-corrected chi connectivity index (χ1v) is 15.6. The van der Waals surface area contributed by atoms with Crippen LogP contribution >= 0.6 is 0 Å². The summed E-state index contributed by atoms with van der Waals surface area (Å²) in [5, 5.41) is 4.31. The normalized spacial score (nSPS) is 11.4. The van der Waals surface area contributed by atoms with Crippen molar-refractivity contribution < 1.29 is 4.42 Å². The highest BCUT2D eigenvalue weighted by molar-refractivity contribution is 6.08. The van der Waals surface area contributed by atoms with Crippen LogP contribution in [0.4, 0.5) is 0 Å². The van der Waals surface area contributed by atoms with Crippen LogP contribution < -0.4 is 0 Å². The number of nitrogens with zero attached hydrogens (tertiary/aromatic N) is 4. The molecule has 0 fully saturated rings. The van der Waals surface area contributed by atoms with E-state index in [0.29, 0.717) is 23.4 Å². The first-order valence-electron chi connectivity index (χ1n) is 15.6. The highest BCUT2D eigenvalue weighted by Crippen LogP contribution is 2.38. The number of fused-ring (bicyclic) bond motifs is 4. The Labute approximate surface area is 270 Å². The quantitative estimate of drug-likeness (QED) is 0.196. The second-order valence-electron chi connectivity index (χ2n) is 11.5. The van der Waals surface area contributed by atoms with Gasteiger partial charge in [-0.2, -0.15) is 0 Å². The molecule has 7 aromatic carbocycles. The van der Waals surface area contributed by atoms with Crippen molar-refractivity contribution in [1.29, 1.82) is 0 Å². The number of hydrogen-bond donors (Lipinski definition) is 0. The monoisotopic (exact) mass is 602 g/mol. The summed E-state index contributed by atoms with van der Waals surface area (Å²) in [6.07, 6.45) is 0. The number of aromatic nitrogens is 4. The van der Waals surface area contributed by atoms with Gasteiger partial charge >= 0.3 is 0 Å². The van der Waals surface area contributed by atoms with Crippen LogP contribution in [0.25, 0.3) is 89.4 Å². The van der Waals surface area contributed by atoms with Gasteiger partial charge in [-0.1, -0.05) is 127 Å². The molecule has 2 heterocycles. The predicted octanol–water partition coefficient (Wildman–Crippen LogP) is 10.7. The minimum Gasteiger partial charge on any atom is -0.435 e. The van der Waals surface area contributed by atoms with Gasteiger partial charge in [-0.3, -0.25) is 0 Å². The molecular formula is C42H26N4O. The van der Waals surface area contributed by atoms with E-state index in [1.165, 1.54) is 0 Å². The molecule has 0 saturated carbocycles. The van der Waals surface area contributed by atoms with Crippen molar-refractivity contribution in [2.24, 2.45) is 0 Å². The van der Waals surface area contributed by atoms with Gasteiger partial charge in [-0.15, -0.1) is 0 Å². The third-order valence-electron chi connectivity index (χ3n) is 8.57. The number of benzene rings is 7. The van der Waals surface area contributed by atoms with Crippen molar-refractivity contribution >= 4 is 32.6 Å². The molecule has 0 saturated heterocycles. The standard InChI is InChI=1S/C42H26N4O/c1-4-12-28(13-5-1)39-44-40(29-14-6-2-7-15-29)46-41(45-39)35-24-23-32(33-18-10-11-19-34(33)35)31-21-20-27-22-25-37-38(36(27)26-31)47-42(43-37)30-16-8-3-9-17-30/h1-26H. The van der Waals surface area contributed by atoms with Gasteiger partial charge in [0.25, 0.3) is 0 Å². The molecular weight excluding hydrogens is 576 g/mol. The molecule has 220 valence electrons. The van der Waals surface area contributed by atoms with Crippen LogP contribution in [0.5, 0.6) is 0 Å². The summed E-state index contributed by atoms with van der Waals surface area (Å²) in [6.45, 7) is 0. The van der Waals surface area contributed by atoms with Crippen LogP contribution in [0.2, 0.25) is 0 Å². The second kappa shape index (κ2) is 11.2. The van der Waals surface area contributed by atoms with E-state index in [1.54, 1.807) is 0 Å². The fourth-order valence-electron chi connectivity index (χ4n) is 6.25. The van der Waals surface area contributed by atoms with Gasteiger partial charge in [0.15, 0.2) is 23.1 Å². The minimum atomic E-state index is 0.621. The lowest BCUT2D eigenvalue weighted by Gasteiger charge is -2.13. The third-order valence-corrected chi connectivity index (χ3v) is 8.57. The molecule has 0 amide bonds. The maximum absolute atomic E-state index is 6.38. The molecule has 0 spiro atoms. The lowest BCUT2D eigenvalue weighted by molar-refractivity contribution is 0.623. The lowest BCUT2D eigenvalue weighted by Crippen LogP contribution is -2.00. The van der Waals surface area contributed by atoms with Crippen molar-refractivity contribution in [2.75, 3.05) is 0 Å². The molecule has 0 aliphatic rings. The number of rotatable bonds is 5. The molecule has 0 N–H and O–H groups in total.